The lowest BCUT2D eigenvalue weighted by Gasteiger charge is -2.35. The highest BCUT2D eigenvalue weighted by molar-refractivity contribution is 5.79. The van der Waals surface area contributed by atoms with E-state index in [1.165, 1.54) is 19.3 Å². The van der Waals surface area contributed by atoms with Crippen LogP contribution in [0, 0.1) is 12.5 Å². The Morgan fingerprint density at radius 2 is 2.57 bits per heavy atom. The molecule has 0 unspecified atom stereocenters. The van der Waals surface area contributed by atoms with Gasteiger partial charge in [0.05, 0.1) is 17.7 Å². The number of carbonyl (C=O) groups excluding carboxylic acids is 1. The molecule has 1 fully saturated rings. The first-order valence-electron chi connectivity index (χ1n) is 11.3. The van der Waals surface area contributed by atoms with E-state index < -0.39 is 43.7 Å². The van der Waals surface area contributed by atoms with Crippen LogP contribution in [0.2, 0.25) is 0 Å². The molecule has 1 amide bonds. The maximum Gasteiger partial charge on any atom is 0.302 e. The van der Waals surface area contributed by atoms with Crippen LogP contribution in [0.3, 0.4) is 0 Å². The van der Waals surface area contributed by atoms with Crippen LogP contribution in [0.1, 0.15) is 25.6 Å². The number of piperidine rings is 1. The van der Waals surface area contributed by atoms with Gasteiger partial charge in [-0.2, -0.15) is 4.98 Å². The van der Waals surface area contributed by atoms with E-state index in [0.29, 0.717) is 5.39 Å². The van der Waals surface area contributed by atoms with Crippen LogP contribution in [-0.4, -0.2) is 58.4 Å². The van der Waals surface area contributed by atoms with Crippen molar-refractivity contribution in [3.05, 3.63) is 35.5 Å². The number of rotatable bonds is 2. The monoisotopic (exact) mass is 322 g/mol. The zero-order valence-corrected chi connectivity index (χ0v) is 12.6. The van der Waals surface area contributed by atoms with Crippen molar-refractivity contribution in [3.63, 3.8) is 0 Å². The molecule has 0 aliphatic carbocycles. The van der Waals surface area contributed by atoms with Gasteiger partial charge >= 0.3 is 5.91 Å². The number of nitrogens with zero attached hydrogens (tertiary/aromatic N) is 4. The fourth-order valence-electron chi connectivity index (χ4n) is 2.23. The Balaban J connectivity index is 2.50. The molecule has 1 aliphatic heterocycles. The molecule has 1 aliphatic rings. The summed E-state index contributed by atoms with van der Waals surface area (Å²) in [5.74, 6) is -4.16. The molecule has 3 heterocycles. The molecule has 2 aromatic rings. The summed E-state index contributed by atoms with van der Waals surface area (Å²) in [6.07, 6.45) is -2.14. The van der Waals surface area contributed by atoms with Crippen molar-refractivity contribution in [2.24, 2.45) is 5.89 Å². The van der Waals surface area contributed by atoms with Gasteiger partial charge in [-0.15, -0.1) is 0 Å². The number of aromatic nitrogens is 3. The number of likely N-dealkylation sites (tertiary alicyclic amines) is 1. The molecule has 0 saturated carbocycles. The SMILES string of the molecule is [2H]c1nc2[nH]ccc2c(=[N+](C)[C@@]2([2H])C([2H])([2H])N(C(=O)C[N+]#[C-])C([2H])([2H])C([2H])([2H])[C@@]2([2H])C)[nH]1. The third kappa shape index (κ3) is 2.84. The molecular weight excluding hydrogens is 292 g/mol. The van der Waals surface area contributed by atoms with E-state index in [-0.39, 0.29) is 22.3 Å². The fraction of sp³-hybridized carbons (Fsp3) is 0.500. The Labute approximate surface area is 147 Å². The molecule has 7 heteroatoms. The Bertz CT molecular complexity index is 1210. The summed E-state index contributed by atoms with van der Waals surface area (Å²) in [5.41, 5.74) is 0.149. The van der Waals surface area contributed by atoms with Gasteiger partial charge in [-0.3, -0.25) is 9.37 Å². The lowest BCUT2D eigenvalue weighted by atomic mass is 9.93. The summed E-state index contributed by atoms with van der Waals surface area (Å²) < 4.78 is 77.3. The van der Waals surface area contributed by atoms with E-state index in [4.69, 9.17) is 18.9 Å². The van der Waals surface area contributed by atoms with Crippen molar-refractivity contribution in [1.29, 1.82) is 0 Å². The molecule has 2 aromatic heterocycles. The number of fused-ring (bicyclic) bond motifs is 1. The van der Waals surface area contributed by atoms with Crippen molar-refractivity contribution in [1.82, 2.24) is 24.4 Å². The van der Waals surface area contributed by atoms with Crippen LogP contribution in [0.5, 0.6) is 0 Å². The average molecular weight is 322 g/mol. The van der Waals surface area contributed by atoms with Crippen LogP contribution in [0.4, 0.5) is 0 Å². The zero-order chi connectivity index (χ0) is 24.5. The molecule has 7 nitrogen and oxygen atoms in total. The molecule has 0 bridgehead atoms. The molecule has 2 atom stereocenters. The van der Waals surface area contributed by atoms with Crippen molar-refractivity contribution in [3.8, 4) is 0 Å². The van der Waals surface area contributed by atoms with Gasteiger partial charge < -0.3 is 14.7 Å². The summed E-state index contributed by atoms with van der Waals surface area (Å²) >= 11 is 0. The summed E-state index contributed by atoms with van der Waals surface area (Å²) in [6.45, 7) is 0.180. The van der Waals surface area contributed by atoms with Crippen LogP contribution >= 0.6 is 0 Å². The number of nitrogens with one attached hydrogen (secondary N) is 2. The van der Waals surface area contributed by atoms with Gasteiger partial charge in [0.2, 0.25) is 0 Å². The molecular formula is C16H21N6O+. The van der Waals surface area contributed by atoms with Crippen LogP contribution in [0.15, 0.2) is 18.6 Å². The maximum atomic E-state index is 12.6. The maximum absolute atomic E-state index is 12.6. The Hall–Kier alpha value is -2.62. The normalized spacial score (nSPS) is 41.4. The van der Waals surface area contributed by atoms with Gasteiger partial charge in [0.25, 0.3) is 12.0 Å². The van der Waals surface area contributed by atoms with Crippen LogP contribution < -0.4 is 10.1 Å². The number of hydrogen-bond donors (Lipinski definition) is 2. The topological polar surface area (TPSA) is 72.2 Å². The highest BCUT2D eigenvalue weighted by atomic mass is 16.2. The first kappa shape index (κ1) is 7.77. The Kier molecular flexibility index (Phi) is 2.11. The number of hydrogen-bond acceptors (Lipinski definition) is 2. The lowest BCUT2D eigenvalue weighted by Crippen LogP contribution is -2.54. The second kappa shape index (κ2) is 6.24. The number of likely N-dealkylation sites (N-methyl/N-ethyl adjacent to an activating group) is 1. The molecule has 3 rings (SSSR count). The smallest absolute Gasteiger partial charge is 0.302 e. The third-order valence-corrected chi connectivity index (χ3v) is 3.38. The molecule has 23 heavy (non-hydrogen) atoms. The number of aromatic amines is 2. The fourth-order valence-corrected chi connectivity index (χ4v) is 2.23. The predicted octanol–water partition coefficient (Wildman–Crippen LogP) is 0.449. The summed E-state index contributed by atoms with van der Waals surface area (Å²) in [5, 5.41) is 0.301. The minimum absolute atomic E-state index is 0.0607. The molecule has 2 N–H and O–H groups in total. The van der Waals surface area contributed by atoms with Crippen molar-refractivity contribution >= 4 is 16.9 Å². The van der Waals surface area contributed by atoms with E-state index in [1.807, 2.05) is 0 Å². The summed E-state index contributed by atoms with van der Waals surface area (Å²) in [4.78, 5) is 24.7. The van der Waals surface area contributed by atoms with E-state index in [9.17, 15) is 4.79 Å². The highest BCUT2D eigenvalue weighted by Gasteiger charge is 2.33. The molecule has 120 valence electrons. The zero-order valence-electron chi connectivity index (χ0n) is 21.6. The third-order valence-electron chi connectivity index (χ3n) is 3.38. The standard InChI is InChI=1S/C16H20N6O/c1-11-5-7-22(14(23)8-17-2)9-13(11)21(3)16-12-4-6-18-15(12)19-10-20-16/h4,6,10-11,13H,5,7-9H2,1,3H3,(H,18,19,20)/p+1/t11-,13+/m1/s1/i5D2,7D2,9D2,10D,11D,13D. The van der Waals surface area contributed by atoms with Gasteiger partial charge in [-0.05, 0) is 18.3 Å². The first-order chi connectivity index (χ1) is 14.5. The van der Waals surface area contributed by atoms with Crippen molar-refractivity contribution in [2.45, 2.75) is 19.3 Å². The second-order valence-electron chi connectivity index (χ2n) is 4.86. The lowest BCUT2D eigenvalue weighted by molar-refractivity contribution is -0.131. The summed E-state index contributed by atoms with van der Waals surface area (Å²) in [7, 11) is 1.18. The first-order valence-corrected chi connectivity index (χ1v) is 6.77. The second-order valence-corrected chi connectivity index (χ2v) is 4.86. The minimum Gasteiger partial charge on any atom is -0.346 e. The van der Waals surface area contributed by atoms with E-state index in [1.54, 1.807) is 0 Å². The Morgan fingerprint density at radius 1 is 1.74 bits per heavy atom. The van der Waals surface area contributed by atoms with Gasteiger partial charge in [0.1, 0.15) is 18.4 Å². The number of amides is 1. The number of H-pyrrole nitrogens is 2. The van der Waals surface area contributed by atoms with Gasteiger partial charge in [-0.25, -0.2) is 11.6 Å². The van der Waals surface area contributed by atoms with Crippen LogP contribution in [0.25, 0.3) is 15.9 Å². The minimum atomic E-state index is -3.36. The largest absolute Gasteiger partial charge is 0.346 e. The average Bonchev–Trinajstić information content (AvgIpc) is 3.12. The quantitative estimate of drug-likeness (QED) is 0.622. The van der Waals surface area contributed by atoms with Crippen molar-refractivity contribution < 1.29 is 17.1 Å². The Morgan fingerprint density at radius 3 is 3.35 bits per heavy atom. The molecule has 0 radical (unpaired) electrons. The van der Waals surface area contributed by atoms with E-state index in [2.05, 4.69) is 19.8 Å². The molecule has 1 saturated heterocycles. The molecule has 0 aromatic carbocycles. The van der Waals surface area contributed by atoms with E-state index in [0.717, 1.165) is 11.5 Å². The van der Waals surface area contributed by atoms with Crippen molar-refractivity contribution in [2.75, 3.05) is 26.6 Å². The van der Waals surface area contributed by atoms with Gasteiger partial charge in [0, 0.05) is 19.5 Å². The van der Waals surface area contributed by atoms with E-state index >= 15 is 0 Å². The number of carbonyl (C=O) groups is 1. The summed E-state index contributed by atoms with van der Waals surface area (Å²) in [6, 6.07) is -1.44. The highest BCUT2D eigenvalue weighted by Crippen LogP contribution is 2.18. The molecule has 0 spiro atoms. The van der Waals surface area contributed by atoms with Gasteiger partial charge in [-0.1, -0.05) is 6.92 Å². The van der Waals surface area contributed by atoms with Gasteiger partial charge in [0.15, 0.2) is 6.30 Å². The predicted molar refractivity (Wildman–Crippen MR) is 87.3 cm³/mol. The van der Waals surface area contributed by atoms with Crippen LogP contribution in [-0.2, 0) is 4.79 Å².